The Labute approximate surface area is 148 Å². The molecule has 1 N–H and O–H groups in total. The summed E-state index contributed by atoms with van der Waals surface area (Å²) in [6, 6.07) is 6.05. The molecule has 0 radical (unpaired) electrons. The summed E-state index contributed by atoms with van der Waals surface area (Å²) in [5.74, 6) is 1.81. The standard InChI is InChI=1S/C19H26N2O4/c1-2-24-13-3-4-18-15(11-13)16(6-9-25-18)20-19(22)14-5-7-21-8-10-23-12-17(14)21/h3-4,11,14,16-17H,2,5-10,12H2,1H3,(H,20,22). The van der Waals surface area contributed by atoms with Crippen molar-refractivity contribution in [3.63, 3.8) is 0 Å². The monoisotopic (exact) mass is 346 g/mol. The van der Waals surface area contributed by atoms with Crippen molar-refractivity contribution in [3.05, 3.63) is 23.8 Å². The van der Waals surface area contributed by atoms with Gasteiger partial charge in [-0.05, 0) is 38.1 Å². The second kappa shape index (κ2) is 7.22. The van der Waals surface area contributed by atoms with Crippen molar-refractivity contribution in [2.45, 2.75) is 31.8 Å². The van der Waals surface area contributed by atoms with Crippen molar-refractivity contribution < 1.29 is 19.0 Å². The van der Waals surface area contributed by atoms with Crippen LogP contribution >= 0.6 is 0 Å². The normalized spacial score (nSPS) is 28.6. The number of fused-ring (bicyclic) bond motifs is 2. The molecule has 6 nitrogen and oxygen atoms in total. The van der Waals surface area contributed by atoms with E-state index in [2.05, 4.69) is 10.2 Å². The van der Waals surface area contributed by atoms with Crippen LogP contribution in [0.15, 0.2) is 18.2 Å². The zero-order chi connectivity index (χ0) is 17.2. The molecule has 0 spiro atoms. The second-order valence-electron chi connectivity index (χ2n) is 6.90. The first-order chi connectivity index (χ1) is 12.3. The number of morpholine rings is 1. The molecule has 3 atom stereocenters. The SMILES string of the molecule is CCOc1ccc2c(c1)C(NC(=O)C1CCN3CCOCC13)CCO2. The van der Waals surface area contributed by atoms with Crippen LogP contribution in [0.4, 0.5) is 0 Å². The smallest absolute Gasteiger partial charge is 0.225 e. The molecule has 0 saturated carbocycles. The van der Waals surface area contributed by atoms with Crippen LogP contribution in [0.2, 0.25) is 0 Å². The van der Waals surface area contributed by atoms with E-state index in [0.717, 1.165) is 49.6 Å². The van der Waals surface area contributed by atoms with Crippen LogP contribution in [-0.2, 0) is 9.53 Å². The maximum atomic E-state index is 12.9. The minimum Gasteiger partial charge on any atom is -0.494 e. The van der Waals surface area contributed by atoms with Gasteiger partial charge < -0.3 is 19.5 Å². The molecule has 0 bridgehead atoms. The van der Waals surface area contributed by atoms with Crippen LogP contribution in [0.3, 0.4) is 0 Å². The Morgan fingerprint density at radius 3 is 3.12 bits per heavy atom. The lowest BCUT2D eigenvalue weighted by molar-refractivity contribution is -0.128. The lowest BCUT2D eigenvalue weighted by Gasteiger charge is -2.33. The quantitative estimate of drug-likeness (QED) is 0.900. The largest absolute Gasteiger partial charge is 0.494 e. The molecule has 1 aromatic rings. The fraction of sp³-hybridized carbons (Fsp3) is 0.632. The molecule has 0 aliphatic carbocycles. The van der Waals surface area contributed by atoms with Gasteiger partial charge in [0.15, 0.2) is 0 Å². The minimum atomic E-state index is -0.0183. The Kier molecular flexibility index (Phi) is 4.81. The fourth-order valence-electron chi connectivity index (χ4n) is 4.17. The number of hydrogen-bond donors (Lipinski definition) is 1. The molecule has 1 amide bonds. The lowest BCUT2D eigenvalue weighted by Crippen LogP contribution is -2.48. The molecule has 6 heteroatoms. The predicted molar refractivity (Wildman–Crippen MR) is 92.9 cm³/mol. The molecule has 3 aliphatic heterocycles. The maximum absolute atomic E-state index is 12.9. The van der Waals surface area contributed by atoms with Crippen LogP contribution in [0.25, 0.3) is 0 Å². The molecule has 3 unspecified atom stereocenters. The first-order valence-corrected chi connectivity index (χ1v) is 9.28. The molecular formula is C19H26N2O4. The van der Waals surface area contributed by atoms with Gasteiger partial charge in [-0.3, -0.25) is 9.69 Å². The van der Waals surface area contributed by atoms with E-state index in [9.17, 15) is 4.79 Å². The zero-order valence-electron chi connectivity index (χ0n) is 14.7. The van der Waals surface area contributed by atoms with Gasteiger partial charge in [0.1, 0.15) is 11.5 Å². The van der Waals surface area contributed by atoms with Crippen molar-refractivity contribution in [2.75, 3.05) is 39.5 Å². The number of hydrogen-bond acceptors (Lipinski definition) is 5. The van der Waals surface area contributed by atoms with Crippen molar-refractivity contribution in [1.29, 1.82) is 0 Å². The molecule has 3 heterocycles. The number of rotatable bonds is 4. The van der Waals surface area contributed by atoms with Gasteiger partial charge in [0.2, 0.25) is 5.91 Å². The highest BCUT2D eigenvalue weighted by molar-refractivity contribution is 5.80. The first kappa shape index (κ1) is 16.7. The number of benzene rings is 1. The van der Waals surface area contributed by atoms with Crippen molar-refractivity contribution in [2.24, 2.45) is 5.92 Å². The molecule has 0 aromatic heterocycles. The van der Waals surface area contributed by atoms with Crippen LogP contribution in [0, 0.1) is 5.92 Å². The van der Waals surface area contributed by atoms with E-state index >= 15 is 0 Å². The molecule has 2 saturated heterocycles. The molecule has 2 fully saturated rings. The van der Waals surface area contributed by atoms with E-state index in [1.807, 2.05) is 25.1 Å². The van der Waals surface area contributed by atoms with E-state index in [-0.39, 0.29) is 23.9 Å². The van der Waals surface area contributed by atoms with Crippen LogP contribution in [0.5, 0.6) is 11.5 Å². The highest BCUT2D eigenvalue weighted by Gasteiger charge is 2.41. The second-order valence-corrected chi connectivity index (χ2v) is 6.90. The summed E-state index contributed by atoms with van der Waals surface area (Å²) < 4.78 is 16.9. The Morgan fingerprint density at radius 2 is 2.24 bits per heavy atom. The topological polar surface area (TPSA) is 60.0 Å². The number of amides is 1. The molecule has 1 aromatic carbocycles. The Hall–Kier alpha value is -1.79. The number of nitrogens with zero attached hydrogens (tertiary/aromatic N) is 1. The third kappa shape index (κ3) is 3.33. The summed E-state index contributed by atoms with van der Waals surface area (Å²) in [5, 5.41) is 3.26. The Morgan fingerprint density at radius 1 is 1.32 bits per heavy atom. The molecular weight excluding hydrogens is 320 g/mol. The number of nitrogens with one attached hydrogen (secondary N) is 1. The average Bonchev–Trinajstić information content (AvgIpc) is 3.07. The highest BCUT2D eigenvalue weighted by Crippen LogP contribution is 2.36. The van der Waals surface area contributed by atoms with E-state index in [4.69, 9.17) is 14.2 Å². The fourth-order valence-corrected chi connectivity index (χ4v) is 4.17. The third-order valence-corrected chi connectivity index (χ3v) is 5.46. The number of carbonyl (C=O) groups excluding carboxylic acids is 1. The van der Waals surface area contributed by atoms with Crippen molar-refractivity contribution >= 4 is 5.91 Å². The van der Waals surface area contributed by atoms with Gasteiger partial charge >= 0.3 is 0 Å². The molecule has 25 heavy (non-hydrogen) atoms. The average molecular weight is 346 g/mol. The van der Waals surface area contributed by atoms with Gasteiger partial charge in [-0.1, -0.05) is 0 Å². The van der Waals surface area contributed by atoms with Gasteiger partial charge in [0.05, 0.1) is 38.4 Å². The highest BCUT2D eigenvalue weighted by atomic mass is 16.5. The lowest BCUT2D eigenvalue weighted by atomic mass is 9.96. The summed E-state index contributed by atoms with van der Waals surface area (Å²) in [5.41, 5.74) is 1.01. The van der Waals surface area contributed by atoms with Gasteiger partial charge in [-0.15, -0.1) is 0 Å². The van der Waals surface area contributed by atoms with Gasteiger partial charge in [0.25, 0.3) is 0 Å². The number of ether oxygens (including phenoxy) is 3. The van der Waals surface area contributed by atoms with Crippen molar-refractivity contribution in [1.82, 2.24) is 10.2 Å². The van der Waals surface area contributed by atoms with E-state index in [1.165, 1.54) is 0 Å². The predicted octanol–water partition coefficient (Wildman–Crippen LogP) is 1.75. The van der Waals surface area contributed by atoms with E-state index in [1.54, 1.807) is 0 Å². The van der Waals surface area contributed by atoms with Crippen LogP contribution in [0.1, 0.15) is 31.4 Å². The Balaban J connectivity index is 1.48. The summed E-state index contributed by atoms with van der Waals surface area (Å²) in [4.78, 5) is 15.3. The van der Waals surface area contributed by atoms with E-state index in [0.29, 0.717) is 19.8 Å². The minimum absolute atomic E-state index is 0.0154. The van der Waals surface area contributed by atoms with E-state index < -0.39 is 0 Å². The summed E-state index contributed by atoms with van der Waals surface area (Å²) >= 11 is 0. The first-order valence-electron chi connectivity index (χ1n) is 9.28. The maximum Gasteiger partial charge on any atom is 0.225 e. The summed E-state index contributed by atoms with van der Waals surface area (Å²) in [6.45, 7) is 6.57. The van der Waals surface area contributed by atoms with Crippen LogP contribution in [-0.4, -0.2) is 56.4 Å². The van der Waals surface area contributed by atoms with Gasteiger partial charge in [-0.2, -0.15) is 0 Å². The summed E-state index contributed by atoms with van der Waals surface area (Å²) in [6.07, 6.45) is 1.70. The molecule has 4 rings (SSSR count). The van der Waals surface area contributed by atoms with Crippen LogP contribution < -0.4 is 14.8 Å². The third-order valence-electron chi connectivity index (χ3n) is 5.46. The molecule has 3 aliphatic rings. The summed E-state index contributed by atoms with van der Waals surface area (Å²) in [7, 11) is 0. The Bertz CT molecular complexity index is 636. The number of carbonyl (C=O) groups is 1. The zero-order valence-corrected chi connectivity index (χ0v) is 14.7. The molecule has 136 valence electrons. The van der Waals surface area contributed by atoms with Gasteiger partial charge in [0, 0.05) is 24.6 Å². The van der Waals surface area contributed by atoms with Crippen molar-refractivity contribution in [3.8, 4) is 11.5 Å². The van der Waals surface area contributed by atoms with Gasteiger partial charge in [-0.25, -0.2) is 0 Å².